The lowest BCUT2D eigenvalue weighted by Crippen LogP contribution is -2.39. The Morgan fingerprint density at radius 2 is 1.81 bits per heavy atom. The SMILES string of the molecule is COc1ccc(S(=O)(=O)N(CCc2ccccc2)CC(=O)Nc2ccc(C3(C#N)CC3)cc2)cc1Cl. The number of benzene rings is 3. The van der Waals surface area contributed by atoms with E-state index in [9.17, 15) is 18.5 Å². The van der Waals surface area contributed by atoms with Gasteiger partial charge in [0.2, 0.25) is 15.9 Å². The molecule has 7 nitrogen and oxygen atoms in total. The molecular weight excluding hydrogens is 498 g/mol. The number of carbonyl (C=O) groups excluding carboxylic acids is 1. The number of sulfonamides is 1. The Kier molecular flexibility index (Phi) is 7.65. The molecule has 3 aromatic rings. The van der Waals surface area contributed by atoms with Crippen LogP contribution in [0.15, 0.2) is 77.7 Å². The van der Waals surface area contributed by atoms with Gasteiger partial charge in [-0.15, -0.1) is 0 Å². The number of nitrogens with one attached hydrogen (secondary N) is 1. The lowest BCUT2D eigenvalue weighted by molar-refractivity contribution is -0.116. The summed E-state index contributed by atoms with van der Waals surface area (Å²) in [5.41, 5.74) is 2.00. The first-order valence-corrected chi connectivity index (χ1v) is 13.3. The second kappa shape index (κ2) is 10.7. The molecule has 1 aliphatic carbocycles. The van der Waals surface area contributed by atoms with E-state index in [2.05, 4.69) is 11.4 Å². The molecule has 0 heterocycles. The van der Waals surface area contributed by atoms with Gasteiger partial charge < -0.3 is 10.1 Å². The molecule has 1 amide bonds. The summed E-state index contributed by atoms with van der Waals surface area (Å²) < 4.78 is 33.3. The summed E-state index contributed by atoms with van der Waals surface area (Å²) in [4.78, 5) is 12.9. The standard InChI is InChI=1S/C27H26ClN3O4S/c1-35-25-12-11-23(17-24(25)28)36(33,34)31(16-13-20-5-3-2-4-6-20)18-26(32)30-22-9-7-21(8-10-22)27(19-29)14-15-27/h2-12,17H,13-16,18H2,1H3,(H,30,32). The summed E-state index contributed by atoms with van der Waals surface area (Å²) in [6.45, 7) is -0.268. The minimum Gasteiger partial charge on any atom is -0.495 e. The second-order valence-electron chi connectivity index (χ2n) is 8.69. The molecule has 1 saturated carbocycles. The predicted molar refractivity (Wildman–Crippen MR) is 139 cm³/mol. The van der Waals surface area contributed by atoms with E-state index in [0.717, 1.165) is 28.3 Å². The largest absolute Gasteiger partial charge is 0.495 e. The highest BCUT2D eigenvalue weighted by atomic mass is 35.5. The topological polar surface area (TPSA) is 99.5 Å². The van der Waals surface area contributed by atoms with Crippen molar-refractivity contribution in [3.05, 3.63) is 88.9 Å². The van der Waals surface area contributed by atoms with Gasteiger partial charge in [0.1, 0.15) is 5.75 Å². The fourth-order valence-electron chi connectivity index (χ4n) is 3.96. The Labute approximate surface area is 216 Å². The first kappa shape index (κ1) is 25.7. The van der Waals surface area contributed by atoms with Crippen LogP contribution in [-0.4, -0.2) is 38.8 Å². The molecule has 3 aromatic carbocycles. The lowest BCUT2D eigenvalue weighted by Gasteiger charge is -2.22. The molecule has 1 fully saturated rings. The van der Waals surface area contributed by atoms with Crippen LogP contribution in [0.1, 0.15) is 24.0 Å². The molecule has 9 heteroatoms. The maximum atomic E-state index is 13.5. The average molecular weight is 524 g/mol. The molecule has 0 aliphatic heterocycles. The number of ether oxygens (including phenoxy) is 1. The molecule has 36 heavy (non-hydrogen) atoms. The van der Waals surface area contributed by atoms with E-state index in [1.165, 1.54) is 25.3 Å². The highest BCUT2D eigenvalue weighted by Crippen LogP contribution is 2.47. The van der Waals surface area contributed by atoms with Gasteiger partial charge in [-0.3, -0.25) is 4.79 Å². The number of hydrogen-bond donors (Lipinski definition) is 1. The van der Waals surface area contributed by atoms with Crippen LogP contribution in [-0.2, 0) is 26.7 Å². The summed E-state index contributed by atoms with van der Waals surface area (Å²) in [5, 5.41) is 12.3. The van der Waals surface area contributed by atoms with Gasteiger partial charge in [0.05, 0.1) is 35.1 Å². The Balaban J connectivity index is 1.52. The van der Waals surface area contributed by atoms with E-state index in [-0.39, 0.29) is 23.0 Å². The third kappa shape index (κ3) is 5.71. The maximum absolute atomic E-state index is 13.5. The minimum absolute atomic E-state index is 0.0234. The molecule has 4 rings (SSSR count). The number of methoxy groups -OCH3 is 1. The Morgan fingerprint density at radius 3 is 2.39 bits per heavy atom. The first-order valence-electron chi connectivity index (χ1n) is 11.5. The third-order valence-corrected chi connectivity index (χ3v) is 8.40. The van der Waals surface area contributed by atoms with E-state index in [4.69, 9.17) is 16.3 Å². The Hall–Kier alpha value is -3.38. The number of halogens is 1. The Morgan fingerprint density at radius 1 is 1.11 bits per heavy atom. The van der Waals surface area contributed by atoms with Crippen LogP contribution in [0.5, 0.6) is 5.75 Å². The van der Waals surface area contributed by atoms with Crippen molar-refractivity contribution in [1.82, 2.24) is 4.31 Å². The van der Waals surface area contributed by atoms with Crippen molar-refractivity contribution in [2.75, 3.05) is 25.5 Å². The molecule has 0 saturated heterocycles. The van der Waals surface area contributed by atoms with Crippen molar-refractivity contribution in [2.24, 2.45) is 0 Å². The summed E-state index contributed by atoms with van der Waals surface area (Å²) in [6.07, 6.45) is 2.10. The highest BCUT2D eigenvalue weighted by Gasteiger charge is 2.44. The van der Waals surface area contributed by atoms with Crippen LogP contribution in [0.4, 0.5) is 5.69 Å². The molecule has 1 N–H and O–H groups in total. The lowest BCUT2D eigenvalue weighted by atomic mass is 9.98. The predicted octanol–water partition coefficient (Wildman–Crippen LogP) is 4.78. The summed E-state index contributed by atoms with van der Waals surface area (Å²) in [7, 11) is -2.58. The summed E-state index contributed by atoms with van der Waals surface area (Å²) >= 11 is 6.18. The van der Waals surface area contributed by atoms with Crippen LogP contribution < -0.4 is 10.1 Å². The van der Waals surface area contributed by atoms with Crippen molar-refractivity contribution in [3.63, 3.8) is 0 Å². The van der Waals surface area contributed by atoms with E-state index >= 15 is 0 Å². The monoisotopic (exact) mass is 523 g/mol. The zero-order chi connectivity index (χ0) is 25.8. The zero-order valence-corrected chi connectivity index (χ0v) is 21.3. The minimum atomic E-state index is -4.03. The van der Waals surface area contributed by atoms with Crippen LogP contribution in [0.25, 0.3) is 0 Å². The van der Waals surface area contributed by atoms with E-state index < -0.39 is 21.3 Å². The van der Waals surface area contributed by atoms with Crippen molar-refractivity contribution in [1.29, 1.82) is 5.26 Å². The summed E-state index contributed by atoms with van der Waals surface area (Å²) in [5.74, 6) is -0.113. The van der Waals surface area contributed by atoms with E-state index in [1.54, 1.807) is 12.1 Å². The smallest absolute Gasteiger partial charge is 0.243 e. The number of nitrogens with zero attached hydrogens (tertiary/aromatic N) is 2. The molecule has 0 radical (unpaired) electrons. The Bertz CT molecular complexity index is 1380. The van der Waals surface area contributed by atoms with Gasteiger partial charge in [-0.05, 0) is 60.7 Å². The van der Waals surface area contributed by atoms with Crippen LogP contribution in [0, 0.1) is 11.3 Å². The fourth-order valence-corrected chi connectivity index (χ4v) is 5.71. The molecule has 0 atom stereocenters. The number of carbonyl (C=O) groups is 1. The van der Waals surface area contributed by atoms with Crippen LogP contribution >= 0.6 is 11.6 Å². The second-order valence-corrected chi connectivity index (χ2v) is 11.0. The molecule has 1 aliphatic rings. The molecule has 0 spiro atoms. The number of nitriles is 1. The molecule has 186 valence electrons. The molecule has 0 aromatic heterocycles. The van der Waals surface area contributed by atoms with Gasteiger partial charge in [0, 0.05) is 12.2 Å². The molecular formula is C27H26ClN3O4S. The van der Waals surface area contributed by atoms with Crippen molar-refractivity contribution < 1.29 is 17.9 Å². The average Bonchev–Trinajstić information content (AvgIpc) is 3.69. The van der Waals surface area contributed by atoms with Crippen LogP contribution in [0.2, 0.25) is 5.02 Å². The van der Waals surface area contributed by atoms with Gasteiger partial charge in [-0.2, -0.15) is 9.57 Å². The van der Waals surface area contributed by atoms with Gasteiger partial charge in [0.15, 0.2) is 0 Å². The van der Waals surface area contributed by atoms with Crippen molar-refractivity contribution in [3.8, 4) is 11.8 Å². The van der Waals surface area contributed by atoms with Crippen molar-refractivity contribution >= 4 is 33.2 Å². The fraction of sp³-hybridized carbons (Fsp3) is 0.259. The highest BCUT2D eigenvalue weighted by molar-refractivity contribution is 7.89. The zero-order valence-electron chi connectivity index (χ0n) is 19.8. The van der Waals surface area contributed by atoms with Crippen LogP contribution in [0.3, 0.4) is 0 Å². The first-order chi connectivity index (χ1) is 17.3. The van der Waals surface area contributed by atoms with Crippen molar-refractivity contribution in [2.45, 2.75) is 29.6 Å². The molecule has 0 bridgehead atoms. The number of rotatable bonds is 10. The van der Waals surface area contributed by atoms with Gasteiger partial charge >= 0.3 is 0 Å². The van der Waals surface area contributed by atoms with Gasteiger partial charge in [-0.1, -0.05) is 54.1 Å². The van der Waals surface area contributed by atoms with E-state index in [1.807, 2.05) is 42.5 Å². The quantitative estimate of drug-likeness (QED) is 0.412. The number of amides is 1. The normalized spacial score (nSPS) is 14.2. The number of anilines is 1. The molecule has 0 unspecified atom stereocenters. The summed E-state index contributed by atoms with van der Waals surface area (Å²) in [6, 6.07) is 23.2. The maximum Gasteiger partial charge on any atom is 0.243 e. The van der Waals surface area contributed by atoms with Gasteiger partial charge in [0.25, 0.3) is 0 Å². The number of hydrogen-bond acceptors (Lipinski definition) is 5. The van der Waals surface area contributed by atoms with E-state index in [0.29, 0.717) is 17.9 Å². The third-order valence-electron chi connectivity index (χ3n) is 6.26. The van der Waals surface area contributed by atoms with Gasteiger partial charge in [-0.25, -0.2) is 8.42 Å².